The third-order valence-electron chi connectivity index (χ3n) is 3.00. The lowest BCUT2D eigenvalue weighted by molar-refractivity contribution is -0.121. The third kappa shape index (κ3) is 2.17. The molecule has 1 heterocycles. The van der Waals surface area contributed by atoms with Crippen LogP contribution in [0, 0.1) is 0 Å². The molecule has 1 unspecified atom stereocenters. The number of fused-ring (bicyclic) bond motifs is 1. The molecule has 4 nitrogen and oxygen atoms in total. The fourth-order valence-electron chi connectivity index (χ4n) is 2.10. The molecule has 0 radical (unpaired) electrons. The van der Waals surface area contributed by atoms with Gasteiger partial charge in [-0.05, 0) is 18.1 Å². The first-order valence-electron chi connectivity index (χ1n) is 5.63. The van der Waals surface area contributed by atoms with Crippen molar-refractivity contribution in [2.24, 2.45) is 12.8 Å². The van der Waals surface area contributed by atoms with E-state index in [9.17, 15) is 4.79 Å². The quantitative estimate of drug-likeness (QED) is 0.820. The second-order valence-electron chi connectivity index (χ2n) is 4.21. The molecule has 2 rings (SSSR count). The van der Waals surface area contributed by atoms with E-state index in [0.29, 0.717) is 6.42 Å². The Bertz CT molecular complexity index is 545. The standard InChI is InChI=1S/C13H17N3O/c1-15-13(17)11(14)7-9-8-16(2)12-6-4-3-5-10(9)12/h3-6,8,11H,7,14H2,1-2H3,(H,15,17). The van der Waals surface area contributed by atoms with Crippen LogP contribution in [0.1, 0.15) is 5.56 Å². The van der Waals surface area contributed by atoms with Gasteiger partial charge in [-0.15, -0.1) is 0 Å². The lowest BCUT2D eigenvalue weighted by atomic mass is 10.1. The Morgan fingerprint density at radius 1 is 1.47 bits per heavy atom. The van der Waals surface area contributed by atoms with Gasteiger partial charge in [0.2, 0.25) is 5.91 Å². The van der Waals surface area contributed by atoms with Gasteiger partial charge in [0.15, 0.2) is 0 Å². The summed E-state index contributed by atoms with van der Waals surface area (Å²) in [7, 11) is 3.60. The number of carbonyl (C=O) groups excluding carboxylic acids is 1. The van der Waals surface area contributed by atoms with Crippen molar-refractivity contribution in [2.45, 2.75) is 12.5 Å². The van der Waals surface area contributed by atoms with Crippen molar-refractivity contribution in [3.63, 3.8) is 0 Å². The Labute approximate surface area is 100 Å². The van der Waals surface area contributed by atoms with Crippen LogP contribution < -0.4 is 11.1 Å². The summed E-state index contributed by atoms with van der Waals surface area (Å²) in [5.74, 6) is -0.127. The Kier molecular flexibility index (Phi) is 3.15. The monoisotopic (exact) mass is 231 g/mol. The Morgan fingerprint density at radius 3 is 2.88 bits per heavy atom. The second-order valence-corrected chi connectivity index (χ2v) is 4.21. The number of carbonyl (C=O) groups is 1. The topological polar surface area (TPSA) is 60.1 Å². The molecule has 0 fully saturated rings. The van der Waals surface area contributed by atoms with E-state index in [0.717, 1.165) is 16.5 Å². The van der Waals surface area contributed by atoms with E-state index in [2.05, 4.69) is 22.0 Å². The molecule has 2 aromatic rings. The van der Waals surface area contributed by atoms with Crippen LogP contribution in [0.4, 0.5) is 0 Å². The minimum absolute atomic E-state index is 0.127. The smallest absolute Gasteiger partial charge is 0.237 e. The SMILES string of the molecule is CNC(=O)C(N)Cc1cn(C)c2ccccc12. The number of hydrogen-bond acceptors (Lipinski definition) is 2. The second kappa shape index (κ2) is 4.59. The summed E-state index contributed by atoms with van der Waals surface area (Å²) in [6, 6.07) is 7.62. The number of benzene rings is 1. The van der Waals surface area contributed by atoms with Gasteiger partial charge in [-0.1, -0.05) is 18.2 Å². The lowest BCUT2D eigenvalue weighted by Gasteiger charge is -2.08. The first kappa shape index (κ1) is 11.7. The van der Waals surface area contributed by atoms with Gasteiger partial charge in [0.05, 0.1) is 6.04 Å². The number of rotatable bonds is 3. The summed E-state index contributed by atoms with van der Waals surface area (Å²) in [4.78, 5) is 11.4. The number of amides is 1. The summed E-state index contributed by atoms with van der Waals surface area (Å²) in [5, 5.41) is 3.73. The maximum atomic E-state index is 11.4. The van der Waals surface area contributed by atoms with Gasteiger partial charge >= 0.3 is 0 Å². The maximum absolute atomic E-state index is 11.4. The fraction of sp³-hybridized carbons (Fsp3) is 0.308. The largest absolute Gasteiger partial charge is 0.358 e. The van der Waals surface area contributed by atoms with Crippen LogP contribution >= 0.6 is 0 Å². The zero-order valence-corrected chi connectivity index (χ0v) is 10.1. The summed E-state index contributed by atoms with van der Waals surface area (Å²) < 4.78 is 2.06. The number of nitrogens with two attached hydrogens (primary N) is 1. The zero-order valence-electron chi connectivity index (χ0n) is 10.1. The summed E-state index contributed by atoms with van der Waals surface area (Å²) in [6.45, 7) is 0. The van der Waals surface area contributed by atoms with Crippen LogP contribution in [0.25, 0.3) is 10.9 Å². The zero-order chi connectivity index (χ0) is 12.4. The number of hydrogen-bond donors (Lipinski definition) is 2. The first-order valence-corrected chi connectivity index (χ1v) is 5.63. The summed E-state index contributed by atoms with van der Waals surface area (Å²) in [6.07, 6.45) is 2.59. The molecular formula is C13H17N3O. The van der Waals surface area contributed by atoms with E-state index in [1.807, 2.05) is 25.4 Å². The van der Waals surface area contributed by atoms with E-state index in [-0.39, 0.29) is 5.91 Å². The highest BCUT2D eigenvalue weighted by atomic mass is 16.2. The van der Waals surface area contributed by atoms with E-state index in [1.54, 1.807) is 7.05 Å². The number of nitrogens with one attached hydrogen (secondary N) is 1. The fourth-order valence-corrected chi connectivity index (χ4v) is 2.10. The molecule has 1 amide bonds. The molecule has 17 heavy (non-hydrogen) atoms. The molecular weight excluding hydrogens is 214 g/mol. The molecule has 0 aliphatic carbocycles. The predicted molar refractivity (Wildman–Crippen MR) is 68.7 cm³/mol. The molecule has 0 saturated carbocycles. The van der Waals surface area contributed by atoms with Crippen LogP contribution in [0.5, 0.6) is 0 Å². The highest BCUT2D eigenvalue weighted by Gasteiger charge is 2.15. The number of aryl methyl sites for hydroxylation is 1. The summed E-state index contributed by atoms with van der Waals surface area (Å²) in [5.41, 5.74) is 8.11. The van der Waals surface area contributed by atoms with Gasteiger partial charge < -0.3 is 15.6 Å². The Balaban J connectivity index is 2.33. The predicted octanol–water partition coefficient (Wildman–Crippen LogP) is 0.794. The van der Waals surface area contributed by atoms with E-state index in [1.165, 1.54) is 0 Å². The van der Waals surface area contributed by atoms with Crippen LogP contribution in [0.2, 0.25) is 0 Å². The first-order chi connectivity index (χ1) is 8.13. The van der Waals surface area contributed by atoms with Crippen LogP contribution in [0.15, 0.2) is 30.5 Å². The van der Waals surface area contributed by atoms with Gasteiger partial charge in [0, 0.05) is 31.2 Å². The molecule has 1 aromatic carbocycles. The Morgan fingerprint density at radius 2 is 2.18 bits per heavy atom. The highest BCUT2D eigenvalue weighted by Crippen LogP contribution is 2.21. The summed E-state index contributed by atoms with van der Waals surface area (Å²) >= 11 is 0. The van der Waals surface area contributed by atoms with Gasteiger partial charge in [-0.2, -0.15) is 0 Å². The van der Waals surface area contributed by atoms with E-state index in [4.69, 9.17) is 5.73 Å². The van der Waals surface area contributed by atoms with Crippen LogP contribution in [-0.2, 0) is 18.3 Å². The molecule has 90 valence electrons. The number of para-hydroxylation sites is 1. The molecule has 0 aliphatic heterocycles. The minimum atomic E-state index is -0.495. The minimum Gasteiger partial charge on any atom is -0.358 e. The van der Waals surface area contributed by atoms with Crippen molar-refractivity contribution < 1.29 is 4.79 Å². The molecule has 4 heteroatoms. The van der Waals surface area contributed by atoms with Crippen molar-refractivity contribution in [1.29, 1.82) is 0 Å². The number of aromatic nitrogens is 1. The molecule has 0 spiro atoms. The van der Waals surface area contributed by atoms with Crippen LogP contribution in [0.3, 0.4) is 0 Å². The van der Waals surface area contributed by atoms with Crippen LogP contribution in [-0.4, -0.2) is 23.6 Å². The lowest BCUT2D eigenvalue weighted by Crippen LogP contribution is -2.40. The maximum Gasteiger partial charge on any atom is 0.237 e. The van der Waals surface area contributed by atoms with Gasteiger partial charge in [-0.3, -0.25) is 4.79 Å². The van der Waals surface area contributed by atoms with Crippen molar-refractivity contribution in [1.82, 2.24) is 9.88 Å². The molecule has 3 N–H and O–H groups in total. The number of nitrogens with zero attached hydrogens (tertiary/aromatic N) is 1. The Hall–Kier alpha value is -1.81. The van der Waals surface area contributed by atoms with E-state index < -0.39 is 6.04 Å². The third-order valence-corrected chi connectivity index (χ3v) is 3.00. The average Bonchev–Trinajstić information content (AvgIpc) is 2.66. The van der Waals surface area contributed by atoms with Gasteiger partial charge in [0.25, 0.3) is 0 Å². The molecule has 0 bridgehead atoms. The molecule has 0 saturated heterocycles. The molecule has 1 atom stereocenters. The normalized spacial score (nSPS) is 12.6. The van der Waals surface area contributed by atoms with Crippen molar-refractivity contribution in [3.8, 4) is 0 Å². The average molecular weight is 231 g/mol. The van der Waals surface area contributed by atoms with Crippen molar-refractivity contribution in [3.05, 3.63) is 36.0 Å². The van der Waals surface area contributed by atoms with Crippen molar-refractivity contribution in [2.75, 3.05) is 7.05 Å². The number of likely N-dealkylation sites (N-methyl/N-ethyl adjacent to an activating group) is 1. The van der Waals surface area contributed by atoms with Gasteiger partial charge in [-0.25, -0.2) is 0 Å². The van der Waals surface area contributed by atoms with Crippen molar-refractivity contribution >= 4 is 16.8 Å². The highest BCUT2D eigenvalue weighted by molar-refractivity contribution is 5.86. The molecule has 0 aliphatic rings. The van der Waals surface area contributed by atoms with E-state index >= 15 is 0 Å². The molecule has 1 aromatic heterocycles. The van der Waals surface area contributed by atoms with Gasteiger partial charge in [0.1, 0.15) is 0 Å².